The van der Waals surface area contributed by atoms with Crippen LogP contribution in [-0.2, 0) is 11.3 Å². The van der Waals surface area contributed by atoms with Gasteiger partial charge in [0.05, 0.1) is 5.69 Å². The Morgan fingerprint density at radius 3 is 2.81 bits per heavy atom. The molecule has 0 atom stereocenters. The van der Waals surface area contributed by atoms with Crippen molar-refractivity contribution in [3.63, 3.8) is 0 Å². The summed E-state index contributed by atoms with van der Waals surface area (Å²) in [5.41, 5.74) is 1.01. The number of carbonyl (C=O) groups is 1. The van der Waals surface area contributed by atoms with E-state index in [0.717, 1.165) is 0 Å². The van der Waals surface area contributed by atoms with Gasteiger partial charge < -0.3 is 4.74 Å². The molecule has 0 fully saturated rings. The third-order valence-corrected chi connectivity index (χ3v) is 2.87. The maximum absolute atomic E-state index is 13.8. The number of nitrogens with zero attached hydrogens (tertiary/aromatic N) is 1. The van der Waals surface area contributed by atoms with Gasteiger partial charge in [-0.2, -0.15) is 0 Å². The largest absolute Gasteiger partial charge is 0.444 e. The minimum atomic E-state index is -0.497. The van der Waals surface area contributed by atoms with Crippen LogP contribution in [0.15, 0.2) is 16.6 Å². The zero-order valence-electron chi connectivity index (χ0n) is 8.96. The van der Waals surface area contributed by atoms with Gasteiger partial charge >= 0.3 is 6.09 Å². The molecule has 1 aliphatic heterocycles. The first-order valence-corrected chi connectivity index (χ1v) is 5.74. The number of halogens is 2. The van der Waals surface area contributed by atoms with Crippen molar-refractivity contribution in [2.24, 2.45) is 0 Å². The number of hydrogen-bond acceptors (Lipinski definition) is 2. The molecule has 3 nitrogen and oxygen atoms in total. The normalized spacial score (nSPS) is 15.1. The first-order chi connectivity index (χ1) is 7.50. The van der Waals surface area contributed by atoms with E-state index < -0.39 is 11.9 Å². The Hall–Kier alpha value is -1.10. The fourth-order valence-corrected chi connectivity index (χ4v) is 2.25. The molecule has 0 spiro atoms. The quantitative estimate of drug-likeness (QED) is 0.792. The fourth-order valence-electron chi connectivity index (χ4n) is 1.77. The molecular formula is C11H11BrFNO2. The van der Waals surface area contributed by atoms with Crippen LogP contribution in [0.5, 0.6) is 0 Å². The second kappa shape index (κ2) is 4.05. The molecule has 1 aromatic carbocycles. The van der Waals surface area contributed by atoms with Gasteiger partial charge in [0.25, 0.3) is 0 Å². The summed E-state index contributed by atoms with van der Waals surface area (Å²) in [5, 5.41) is 0. The second-order valence-electron chi connectivity index (χ2n) is 3.91. The first kappa shape index (κ1) is 11.4. The lowest BCUT2D eigenvalue weighted by Gasteiger charge is -2.32. The maximum Gasteiger partial charge on any atom is 0.414 e. The molecule has 1 amide bonds. The molecule has 0 bridgehead atoms. The highest BCUT2D eigenvalue weighted by atomic mass is 79.9. The molecule has 1 aromatic rings. The van der Waals surface area contributed by atoms with Gasteiger partial charge in [0, 0.05) is 16.1 Å². The van der Waals surface area contributed by atoms with Crippen LogP contribution in [0.1, 0.15) is 19.4 Å². The van der Waals surface area contributed by atoms with Crippen molar-refractivity contribution < 1.29 is 13.9 Å². The highest BCUT2D eigenvalue weighted by molar-refractivity contribution is 9.10. The average molecular weight is 288 g/mol. The molecule has 0 saturated carbocycles. The smallest absolute Gasteiger partial charge is 0.414 e. The number of hydrogen-bond donors (Lipinski definition) is 0. The Morgan fingerprint density at radius 1 is 1.50 bits per heavy atom. The molecule has 16 heavy (non-hydrogen) atoms. The zero-order valence-corrected chi connectivity index (χ0v) is 10.5. The van der Waals surface area contributed by atoms with E-state index in [1.165, 1.54) is 11.0 Å². The molecule has 5 heteroatoms. The van der Waals surface area contributed by atoms with Crippen LogP contribution in [0.25, 0.3) is 0 Å². The lowest BCUT2D eigenvalue weighted by atomic mass is 10.1. The average Bonchev–Trinajstić information content (AvgIpc) is 2.18. The van der Waals surface area contributed by atoms with E-state index in [-0.39, 0.29) is 12.6 Å². The van der Waals surface area contributed by atoms with Gasteiger partial charge in [-0.1, -0.05) is 15.9 Å². The van der Waals surface area contributed by atoms with Gasteiger partial charge in [-0.05, 0) is 26.0 Å². The monoisotopic (exact) mass is 287 g/mol. The summed E-state index contributed by atoms with van der Waals surface area (Å²) < 4.78 is 19.5. The van der Waals surface area contributed by atoms with E-state index in [0.29, 0.717) is 15.7 Å². The number of cyclic esters (lactones) is 1. The number of benzene rings is 1. The van der Waals surface area contributed by atoms with Crippen LogP contribution < -0.4 is 4.90 Å². The van der Waals surface area contributed by atoms with Gasteiger partial charge in [-0.15, -0.1) is 0 Å². The van der Waals surface area contributed by atoms with Crippen LogP contribution in [0.3, 0.4) is 0 Å². The van der Waals surface area contributed by atoms with Crippen molar-refractivity contribution in [1.29, 1.82) is 0 Å². The first-order valence-electron chi connectivity index (χ1n) is 4.94. The molecule has 2 rings (SSSR count). The third-order valence-electron chi connectivity index (χ3n) is 2.41. The van der Waals surface area contributed by atoms with Crippen molar-refractivity contribution >= 4 is 27.7 Å². The predicted molar refractivity (Wildman–Crippen MR) is 61.9 cm³/mol. The summed E-state index contributed by atoms with van der Waals surface area (Å²) >= 11 is 3.21. The Kier molecular flexibility index (Phi) is 2.88. The SMILES string of the molecule is CC(C)N1C(=O)OCc2cc(Br)cc(F)c21. The summed E-state index contributed by atoms with van der Waals surface area (Å²) in [6.07, 6.45) is -0.497. The second-order valence-corrected chi connectivity index (χ2v) is 4.83. The summed E-state index contributed by atoms with van der Waals surface area (Å²) in [7, 11) is 0. The van der Waals surface area contributed by atoms with Crippen LogP contribution >= 0.6 is 15.9 Å². The number of anilines is 1. The van der Waals surface area contributed by atoms with Gasteiger partial charge in [0.15, 0.2) is 0 Å². The minimum Gasteiger partial charge on any atom is -0.444 e. The summed E-state index contributed by atoms with van der Waals surface area (Å²) in [6, 6.07) is 2.98. The lowest BCUT2D eigenvalue weighted by Crippen LogP contribution is -2.41. The fraction of sp³-hybridized carbons (Fsp3) is 0.364. The molecule has 0 aromatic heterocycles. The lowest BCUT2D eigenvalue weighted by molar-refractivity contribution is 0.139. The summed E-state index contributed by atoms with van der Waals surface area (Å²) in [6.45, 7) is 3.75. The van der Waals surface area contributed by atoms with E-state index in [4.69, 9.17) is 4.74 Å². The van der Waals surface area contributed by atoms with E-state index in [9.17, 15) is 9.18 Å². The van der Waals surface area contributed by atoms with Gasteiger partial charge in [-0.3, -0.25) is 4.90 Å². The molecule has 0 aliphatic carbocycles. The molecule has 1 aliphatic rings. The van der Waals surface area contributed by atoms with Crippen molar-refractivity contribution in [2.75, 3.05) is 4.90 Å². The van der Waals surface area contributed by atoms with Gasteiger partial charge in [0.1, 0.15) is 12.4 Å². The van der Waals surface area contributed by atoms with Crippen molar-refractivity contribution in [1.82, 2.24) is 0 Å². The van der Waals surface area contributed by atoms with Crippen molar-refractivity contribution in [2.45, 2.75) is 26.5 Å². The molecule has 0 unspecified atom stereocenters. The van der Waals surface area contributed by atoms with E-state index in [1.54, 1.807) is 6.07 Å². The Labute approximate surface area is 101 Å². The van der Waals surface area contributed by atoms with Crippen molar-refractivity contribution in [3.8, 4) is 0 Å². The number of carbonyl (C=O) groups excluding carboxylic acids is 1. The molecule has 0 N–H and O–H groups in total. The standard InChI is InChI=1S/C11H11BrFNO2/c1-6(2)14-10-7(5-16-11(14)15)3-8(12)4-9(10)13/h3-4,6H,5H2,1-2H3. The van der Waals surface area contributed by atoms with Gasteiger partial charge in [0.2, 0.25) is 0 Å². The van der Waals surface area contributed by atoms with E-state index >= 15 is 0 Å². The van der Waals surface area contributed by atoms with Crippen LogP contribution in [0.2, 0.25) is 0 Å². The maximum atomic E-state index is 13.8. The third kappa shape index (κ3) is 1.80. The van der Waals surface area contributed by atoms with Gasteiger partial charge in [-0.25, -0.2) is 9.18 Å². The van der Waals surface area contributed by atoms with Crippen LogP contribution in [-0.4, -0.2) is 12.1 Å². The van der Waals surface area contributed by atoms with E-state index in [2.05, 4.69) is 15.9 Å². The Balaban J connectivity index is 2.59. The topological polar surface area (TPSA) is 29.5 Å². The van der Waals surface area contributed by atoms with E-state index in [1.807, 2.05) is 13.8 Å². The predicted octanol–water partition coefficient (Wildman–Crippen LogP) is 3.45. The molecular weight excluding hydrogens is 277 g/mol. The number of fused-ring (bicyclic) bond motifs is 1. The highest BCUT2D eigenvalue weighted by Gasteiger charge is 2.30. The number of ether oxygens (including phenoxy) is 1. The van der Waals surface area contributed by atoms with Crippen LogP contribution in [0, 0.1) is 5.82 Å². The van der Waals surface area contributed by atoms with Crippen molar-refractivity contribution in [3.05, 3.63) is 28.0 Å². The minimum absolute atomic E-state index is 0.119. The Morgan fingerprint density at radius 2 is 2.19 bits per heavy atom. The zero-order chi connectivity index (χ0) is 11.9. The number of rotatable bonds is 1. The number of amides is 1. The Bertz CT molecular complexity index is 448. The molecule has 0 radical (unpaired) electrons. The molecule has 1 heterocycles. The molecule has 86 valence electrons. The molecule has 0 saturated heterocycles. The van der Waals surface area contributed by atoms with Crippen LogP contribution in [0.4, 0.5) is 14.9 Å². The summed E-state index contributed by atoms with van der Waals surface area (Å²) in [4.78, 5) is 12.9. The highest BCUT2D eigenvalue weighted by Crippen LogP contribution is 2.33. The summed E-state index contributed by atoms with van der Waals surface area (Å²) in [5.74, 6) is -0.408.